The van der Waals surface area contributed by atoms with Gasteiger partial charge < -0.3 is 20.9 Å². The zero-order chi connectivity index (χ0) is 24.1. The summed E-state index contributed by atoms with van der Waals surface area (Å²) in [5.41, 5.74) is 11.9. The van der Waals surface area contributed by atoms with Crippen LogP contribution in [0.2, 0.25) is 0 Å². The first kappa shape index (κ1) is 22.1. The SMILES string of the molecule is Nc1ncnc2c1ncn2Cc1c(N2CCC(N)(c3ccccc3)C2)ccc(F)c1C(F)(F)F. The van der Waals surface area contributed by atoms with Gasteiger partial charge in [-0.1, -0.05) is 30.3 Å². The summed E-state index contributed by atoms with van der Waals surface area (Å²) >= 11 is 0. The van der Waals surface area contributed by atoms with E-state index in [0.29, 0.717) is 13.0 Å². The number of anilines is 2. The molecule has 0 amide bonds. The first-order valence-electron chi connectivity index (χ1n) is 10.6. The van der Waals surface area contributed by atoms with Crippen LogP contribution in [0.15, 0.2) is 55.1 Å². The number of nitrogens with two attached hydrogens (primary N) is 2. The monoisotopic (exact) mass is 471 g/mol. The number of aromatic nitrogens is 4. The molecule has 1 unspecified atom stereocenters. The average molecular weight is 471 g/mol. The number of hydrogen-bond donors (Lipinski definition) is 2. The van der Waals surface area contributed by atoms with Gasteiger partial charge in [-0.05, 0) is 24.1 Å². The topological polar surface area (TPSA) is 98.9 Å². The summed E-state index contributed by atoms with van der Waals surface area (Å²) in [5, 5.41) is 0. The van der Waals surface area contributed by atoms with E-state index in [9.17, 15) is 17.6 Å². The molecular formula is C23H21F4N7. The quantitative estimate of drug-likeness (QED) is 0.441. The van der Waals surface area contributed by atoms with Crippen LogP contribution in [-0.4, -0.2) is 32.6 Å². The molecule has 34 heavy (non-hydrogen) atoms. The maximum atomic E-state index is 14.6. The lowest BCUT2D eigenvalue weighted by molar-refractivity contribution is -0.140. The molecule has 4 aromatic rings. The zero-order valence-corrected chi connectivity index (χ0v) is 17.9. The van der Waals surface area contributed by atoms with Crippen molar-refractivity contribution in [1.29, 1.82) is 0 Å². The van der Waals surface area contributed by atoms with Crippen LogP contribution in [0.3, 0.4) is 0 Å². The fraction of sp³-hybridized carbons (Fsp3) is 0.261. The maximum absolute atomic E-state index is 14.6. The normalized spacial score (nSPS) is 18.7. The molecule has 2 aromatic heterocycles. The third-order valence-corrected chi connectivity index (χ3v) is 6.27. The number of benzene rings is 2. The predicted molar refractivity (Wildman–Crippen MR) is 119 cm³/mol. The highest BCUT2D eigenvalue weighted by Gasteiger charge is 2.41. The molecular weight excluding hydrogens is 450 g/mol. The highest BCUT2D eigenvalue weighted by Crippen LogP contribution is 2.41. The molecule has 1 fully saturated rings. The van der Waals surface area contributed by atoms with Crippen molar-refractivity contribution in [1.82, 2.24) is 19.5 Å². The fourth-order valence-corrected chi connectivity index (χ4v) is 4.60. The third-order valence-electron chi connectivity index (χ3n) is 6.27. The number of fused-ring (bicyclic) bond motifs is 1. The van der Waals surface area contributed by atoms with Gasteiger partial charge in [0.1, 0.15) is 17.7 Å². The van der Waals surface area contributed by atoms with Crippen LogP contribution in [0.1, 0.15) is 23.1 Å². The number of imidazole rings is 1. The third kappa shape index (κ3) is 3.71. The van der Waals surface area contributed by atoms with Crippen LogP contribution in [0.5, 0.6) is 0 Å². The minimum absolute atomic E-state index is 0.106. The number of nitrogen functional groups attached to an aromatic ring is 1. The van der Waals surface area contributed by atoms with Gasteiger partial charge >= 0.3 is 6.18 Å². The molecule has 1 atom stereocenters. The number of alkyl halides is 3. The van der Waals surface area contributed by atoms with E-state index in [1.54, 1.807) is 4.90 Å². The number of rotatable bonds is 4. The molecule has 0 radical (unpaired) electrons. The van der Waals surface area contributed by atoms with E-state index < -0.39 is 23.1 Å². The van der Waals surface area contributed by atoms with Crippen molar-refractivity contribution in [2.24, 2.45) is 5.73 Å². The molecule has 1 saturated heterocycles. The van der Waals surface area contributed by atoms with Crippen molar-refractivity contribution in [3.63, 3.8) is 0 Å². The minimum Gasteiger partial charge on any atom is -0.382 e. The largest absolute Gasteiger partial charge is 0.419 e. The van der Waals surface area contributed by atoms with Crippen molar-refractivity contribution in [3.8, 4) is 0 Å². The van der Waals surface area contributed by atoms with Crippen LogP contribution in [-0.2, 0) is 18.3 Å². The molecule has 0 saturated carbocycles. The summed E-state index contributed by atoms with van der Waals surface area (Å²) in [6.07, 6.45) is -1.84. The zero-order valence-electron chi connectivity index (χ0n) is 17.9. The number of nitrogens with zero attached hydrogens (tertiary/aromatic N) is 5. The molecule has 2 aromatic carbocycles. The second kappa shape index (κ2) is 7.94. The van der Waals surface area contributed by atoms with Gasteiger partial charge in [-0.25, -0.2) is 19.3 Å². The van der Waals surface area contributed by atoms with Crippen LogP contribution in [0.25, 0.3) is 11.2 Å². The van der Waals surface area contributed by atoms with Crippen molar-refractivity contribution >= 4 is 22.7 Å². The van der Waals surface area contributed by atoms with Gasteiger partial charge in [0.25, 0.3) is 0 Å². The van der Waals surface area contributed by atoms with Crippen molar-refractivity contribution in [2.75, 3.05) is 23.7 Å². The van der Waals surface area contributed by atoms with E-state index in [1.807, 2.05) is 30.3 Å². The summed E-state index contributed by atoms with van der Waals surface area (Å²) in [4.78, 5) is 13.9. The molecule has 7 nitrogen and oxygen atoms in total. The van der Waals surface area contributed by atoms with Crippen LogP contribution < -0.4 is 16.4 Å². The lowest BCUT2D eigenvalue weighted by atomic mass is 9.90. The highest BCUT2D eigenvalue weighted by molar-refractivity contribution is 5.81. The first-order valence-corrected chi connectivity index (χ1v) is 10.6. The molecule has 176 valence electrons. The Morgan fingerprint density at radius 3 is 2.53 bits per heavy atom. The molecule has 0 spiro atoms. The smallest absolute Gasteiger partial charge is 0.382 e. The van der Waals surface area contributed by atoms with Gasteiger partial charge in [0.2, 0.25) is 0 Å². The molecule has 1 aliphatic rings. The Balaban J connectivity index is 1.60. The Bertz CT molecular complexity index is 1350. The van der Waals surface area contributed by atoms with Crippen molar-refractivity contribution in [2.45, 2.75) is 24.7 Å². The second-order valence-electron chi connectivity index (χ2n) is 8.42. The van der Waals surface area contributed by atoms with E-state index in [-0.39, 0.29) is 41.3 Å². The molecule has 5 rings (SSSR count). The Labute approximate surface area is 192 Å². The predicted octanol–water partition coefficient (Wildman–Crippen LogP) is 3.68. The van der Waals surface area contributed by atoms with Gasteiger partial charge in [0.05, 0.1) is 24.0 Å². The van der Waals surface area contributed by atoms with E-state index in [2.05, 4.69) is 15.0 Å². The fourth-order valence-electron chi connectivity index (χ4n) is 4.60. The second-order valence-corrected chi connectivity index (χ2v) is 8.42. The Hall–Kier alpha value is -3.73. The average Bonchev–Trinajstić information content (AvgIpc) is 3.39. The first-order chi connectivity index (χ1) is 16.2. The lowest BCUT2D eigenvalue weighted by Crippen LogP contribution is -2.40. The molecule has 4 N–H and O–H groups in total. The lowest BCUT2D eigenvalue weighted by Gasteiger charge is -2.28. The minimum atomic E-state index is -4.90. The van der Waals surface area contributed by atoms with Crippen LogP contribution in [0, 0.1) is 5.82 Å². The van der Waals surface area contributed by atoms with Crippen molar-refractivity contribution < 1.29 is 17.6 Å². The van der Waals surface area contributed by atoms with Crippen LogP contribution >= 0.6 is 0 Å². The summed E-state index contributed by atoms with van der Waals surface area (Å²) in [5.74, 6) is -1.24. The Kier molecular flexibility index (Phi) is 5.16. The molecule has 3 heterocycles. The molecule has 0 bridgehead atoms. The number of hydrogen-bond acceptors (Lipinski definition) is 6. The Morgan fingerprint density at radius 2 is 1.79 bits per heavy atom. The van der Waals surface area contributed by atoms with Crippen molar-refractivity contribution in [3.05, 3.63) is 77.6 Å². The standard InChI is InChI=1S/C23H21F4N7/c24-16-6-7-17(33-9-8-22(29,11-33)14-4-2-1-3-5-14)15(18(16)23(25,26)27)10-34-13-32-19-20(28)30-12-31-21(19)34/h1-7,12-13H,8-11,29H2,(H2,28,30,31). The van der Waals surface area contributed by atoms with Gasteiger partial charge in [-0.2, -0.15) is 13.2 Å². The molecule has 11 heteroatoms. The van der Waals surface area contributed by atoms with E-state index >= 15 is 0 Å². The summed E-state index contributed by atoms with van der Waals surface area (Å²) in [6.45, 7) is 0.391. The van der Waals surface area contributed by atoms with Gasteiger partial charge in [0, 0.05) is 24.3 Å². The molecule has 1 aliphatic heterocycles. The van der Waals surface area contributed by atoms with Gasteiger partial charge in [-0.3, -0.25) is 0 Å². The summed E-state index contributed by atoms with van der Waals surface area (Å²) < 4.78 is 58.1. The van der Waals surface area contributed by atoms with Crippen LogP contribution in [0.4, 0.5) is 29.1 Å². The van der Waals surface area contributed by atoms with E-state index in [0.717, 1.165) is 11.6 Å². The summed E-state index contributed by atoms with van der Waals surface area (Å²) in [6, 6.07) is 11.6. The maximum Gasteiger partial charge on any atom is 0.419 e. The van der Waals surface area contributed by atoms with Gasteiger partial charge in [0.15, 0.2) is 11.5 Å². The highest BCUT2D eigenvalue weighted by atomic mass is 19.4. The number of halogens is 4. The van der Waals surface area contributed by atoms with E-state index in [1.165, 1.54) is 23.3 Å². The van der Waals surface area contributed by atoms with E-state index in [4.69, 9.17) is 11.5 Å². The summed E-state index contributed by atoms with van der Waals surface area (Å²) in [7, 11) is 0. The van der Waals surface area contributed by atoms with Gasteiger partial charge in [-0.15, -0.1) is 0 Å². The molecule has 0 aliphatic carbocycles. The Morgan fingerprint density at radius 1 is 1.03 bits per heavy atom.